The Morgan fingerprint density at radius 3 is 2.33 bits per heavy atom. The van der Waals surface area contributed by atoms with Crippen LogP contribution in [0.4, 0.5) is 0 Å². The summed E-state index contributed by atoms with van der Waals surface area (Å²) in [5.41, 5.74) is 2.02. The maximum Gasteiger partial charge on any atom is 0.225 e. The summed E-state index contributed by atoms with van der Waals surface area (Å²) in [5.74, 6) is 0. The van der Waals surface area contributed by atoms with Crippen LogP contribution < -0.4 is 4.73 Å². The van der Waals surface area contributed by atoms with Gasteiger partial charge in [0, 0.05) is 17.7 Å². The molecule has 0 aliphatic carbocycles. The quantitative estimate of drug-likeness (QED) is 0.480. The van der Waals surface area contributed by atoms with Gasteiger partial charge in [0.05, 0.1) is 10.4 Å². The minimum Gasteiger partial charge on any atom is -0.618 e. The molecule has 0 saturated heterocycles. The van der Waals surface area contributed by atoms with Crippen LogP contribution in [-0.4, -0.2) is 0 Å². The summed E-state index contributed by atoms with van der Waals surface area (Å²) in [4.78, 5) is 0. The van der Waals surface area contributed by atoms with E-state index in [4.69, 9.17) is 11.6 Å². The van der Waals surface area contributed by atoms with Crippen molar-refractivity contribution in [2.24, 2.45) is 0 Å². The van der Waals surface area contributed by atoms with E-state index in [-0.39, 0.29) is 0 Å². The molecule has 0 amide bonds. The number of halogens is 1. The molecule has 1 heterocycles. The fourth-order valence-electron chi connectivity index (χ4n) is 2.05. The molecule has 0 unspecified atom stereocenters. The highest BCUT2D eigenvalue weighted by Gasteiger charge is 2.15. The van der Waals surface area contributed by atoms with Crippen molar-refractivity contribution in [1.29, 1.82) is 0 Å². The number of rotatable bonds is 1. The average molecular weight is 256 g/mol. The summed E-state index contributed by atoms with van der Waals surface area (Å²) < 4.78 is 0.927. The SMILES string of the molecule is [O-][n+]1c(-c2ccccc2)cc(Cl)c2ccccc21. The fraction of sp³-hybridized carbons (Fsp3) is 0. The summed E-state index contributed by atoms with van der Waals surface area (Å²) >= 11 is 6.23. The van der Waals surface area contributed by atoms with Gasteiger partial charge in [-0.1, -0.05) is 41.9 Å². The summed E-state index contributed by atoms with van der Waals surface area (Å²) in [6.45, 7) is 0. The Labute approximate surface area is 110 Å². The largest absolute Gasteiger partial charge is 0.618 e. The summed E-state index contributed by atoms with van der Waals surface area (Å²) in [7, 11) is 0. The molecule has 0 N–H and O–H groups in total. The van der Waals surface area contributed by atoms with Gasteiger partial charge in [-0.3, -0.25) is 0 Å². The van der Waals surface area contributed by atoms with E-state index in [1.54, 1.807) is 12.1 Å². The highest BCUT2D eigenvalue weighted by molar-refractivity contribution is 6.35. The van der Waals surface area contributed by atoms with Gasteiger partial charge in [-0.15, -0.1) is 0 Å². The smallest absolute Gasteiger partial charge is 0.225 e. The van der Waals surface area contributed by atoms with Crippen LogP contribution >= 0.6 is 11.6 Å². The molecular weight excluding hydrogens is 246 g/mol. The Kier molecular flexibility index (Phi) is 2.65. The van der Waals surface area contributed by atoms with E-state index >= 15 is 0 Å². The van der Waals surface area contributed by atoms with Crippen LogP contribution in [0.25, 0.3) is 22.2 Å². The zero-order valence-electron chi connectivity index (χ0n) is 9.51. The summed E-state index contributed by atoms with van der Waals surface area (Å²) in [6, 6.07) is 18.6. The van der Waals surface area contributed by atoms with E-state index in [1.807, 2.05) is 48.5 Å². The molecule has 3 heteroatoms. The topological polar surface area (TPSA) is 26.9 Å². The van der Waals surface area contributed by atoms with Gasteiger partial charge >= 0.3 is 0 Å². The minimum atomic E-state index is 0.569. The fourth-order valence-corrected chi connectivity index (χ4v) is 2.31. The third-order valence-corrected chi connectivity index (χ3v) is 3.24. The zero-order valence-corrected chi connectivity index (χ0v) is 10.3. The van der Waals surface area contributed by atoms with Crippen LogP contribution in [-0.2, 0) is 0 Å². The first-order chi connectivity index (χ1) is 8.77. The van der Waals surface area contributed by atoms with Crippen LogP contribution in [0.3, 0.4) is 0 Å². The molecule has 0 fully saturated rings. The zero-order chi connectivity index (χ0) is 12.5. The van der Waals surface area contributed by atoms with Crippen LogP contribution in [0, 0.1) is 5.21 Å². The maximum absolute atomic E-state index is 12.3. The number of hydrogen-bond acceptors (Lipinski definition) is 1. The van der Waals surface area contributed by atoms with Crippen LogP contribution in [0.1, 0.15) is 0 Å². The second-order valence-corrected chi connectivity index (χ2v) is 4.46. The van der Waals surface area contributed by atoms with Gasteiger partial charge in [-0.05, 0) is 18.2 Å². The third-order valence-electron chi connectivity index (χ3n) is 2.93. The Balaban J connectivity index is 2.35. The normalized spacial score (nSPS) is 10.7. The van der Waals surface area contributed by atoms with E-state index in [0.717, 1.165) is 15.7 Å². The summed E-state index contributed by atoms with van der Waals surface area (Å²) in [6.07, 6.45) is 0. The van der Waals surface area contributed by atoms with Gasteiger partial charge in [-0.25, -0.2) is 0 Å². The second kappa shape index (κ2) is 4.31. The lowest BCUT2D eigenvalue weighted by Gasteiger charge is -2.08. The first-order valence-corrected chi connectivity index (χ1v) is 6.01. The van der Waals surface area contributed by atoms with Crippen molar-refractivity contribution in [1.82, 2.24) is 0 Å². The van der Waals surface area contributed by atoms with Crippen molar-refractivity contribution in [2.45, 2.75) is 0 Å². The van der Waals surface area contributed by atoms with Crippen molar-refractivity contribution in [3.05, 3.63) is 70.9 Å². The van der Waals surface area contributed by atoms with Crippen LogP contribution in [0.2, 0.25) is 5.02 Å². The monoisotopic (exact) mass is 255 g/mol. The van der Waals surface area contributed by atoms with Gasteiger partial charge in [0.2, 0.25) is 11.2 Å². The Hall–Kier alpha value is -2.06. The molecule has 1 aromatic heterocycles. The molecule has 88 valence electrons. The predicted octanol–water partition coefficient (Wildman–Crippen LogP) is 3.79. The molecule has 0 radical (unpaired) electrons. The molecule has 2 aromatic carbocycles. The molecule has 0 aliphatic heterocycles. The molecule has 0 saturated carbocycles. The molecule has 18 heavy (non-hydrogen) atoms. The van der Waals surface area contributed by atoms with E-state index in [2.05, 4.69) is 0 Å². The van der Waals surface area contributed by atoms with Crippen LogP contribution in [0.5, 0.6) is 0 Å². The van der Waals surface area contributed by atoms with Crippen molar-refractivity contribution >= 4 is 22.5 Å². The lowest BCUT2D eigenvalue weighted by Crippen LogP contribution is -2.30. The lowest BCUT2D eigenvalue weighted by atomic mass is 10.1. The molecule has 3 rings (SSSR count). The molecule has 0 bridgehead atoms. The molecule has 0 aliphatic rings. The van der Waals surface area contributed by atoms with Gasteiger partial charge in [0.1, 0.15) is 0 Å². The van der Waals surface area contributed by atoms with Crippen molar-refractivity contribution in [3.8, 4) is 11.3 Å². The van der Waals surface area contributed by atoms with Gasteiger partial charge in [0.15, 0.2) is 0 Å². The van der Waals surface area contributed by atoms with E-state index in [0.29, 0.717) is 16.2 Å². The van der Waals surface area contributed by atoms with E-state index < -0.39 is 0 Å². The number of pyridine rings is 1. The molecule has 0 atom stereocenters. The van der Waals surface area contributed by atoms with E-state index in [1.165, 1.54) is 0 Å². The molecule has 3 aromatic rings. The minimum absolute atomic E-state index is 0.569. The molecule has 2 nitrogen and oxygen atoms in total. The second-order valence-electron chi connectivity index (χ2n) is 4.06. The Bertz CT molecular complexity index is 710. The Morgan fingerprint density at radius 2 is 1.56 bits per heavy atom. The van der Waals surface area contributed by atoms with Gasteiger partial charge < -0.3 is 5.21 Å². The highest BCUT2D eigenvalue weighted by atomic mass is 35.5. The van der Waals surface area contributed by atoms with Crippen molar-refractivity contribution in [3.63, 3.8) is 0 Å². The third kappa shape index (κ3) is 1.71. The number of nitrogens with zero attached hydrogens (tertiary/aromatic N) is 1. The van der Waals surface area contributed by atoms with Gasteiger partial charge in [-0.2, -0.15) is 4.73 Å². The first-order valence-electron chi connectivity index (χ1n) is 5.63. The van der Waals surface area contributed by atoms with Crippen molar-refractivity contribution < 1.29 is 4.73 Å². The average Bonchev–Trinajstić information content (AvgIpc) is 2.44. The van der Waals surface area contributed by atoms with Crippen molar-refractivity contribution in [2.75, 3.05) is 0 Å². The lowest BCUT2D eigenvalue weighted by molar-refractivity contribution is -0.565. The summed E-state index contributed by atoms with van der Waals surface area (Å²) in [5, 5.41) is 13.7. The Morgan fingerprint density at radius 1 is 0.889 bits per heavy atom. The maximum atomic E-state index is 12.3. The number of aromatic nitrogens is 1. The predicted molar refractivity (Wildman–Crippen MR) is 73.4 cm³/mol. The number of para-hydroxylation sites is 1. The number of fused-ring (bicyclic) bond motifs is 1. The van der Waals surface area contributed by atoms with Crippen LogP contribution in [0.15, 0.2) is 60.7 Å². The first kappa shape index (κ1) is 11.1. The highest BCUT2D eigenvalue weighted by Crippen LogP contribution is 2.26. The molecule has 0 spiro atoms. The number of hydrogen-bond donors (Lipinski definition) is 0. The molecular formula is C15H10ClNO. The standard InChI is InChI=1S/C15H10ClNO/c16-13-10-15(11-6-2-1-3-7-11)17(18)14-9-5-4-8-12(13)14/h1-10H. The van der Waals surface area contributed by atoms with E-state index in [9.17, 15) is 5.21 Å². The number of benzene rings is 2. The van der Waals surface area contributed by atoms with Gasteiger partial charge in [0.25, 0.3) is 0 Å².